The molecule has 0 spiro atoms. The van der Waals surface area contributed by atoms with Gasteiger partial charge >= 0.3 is 11.9 Å². The zero-order valence-electron chi connectivity index (χ0n) is 5.17. The van der Waals surface area contributed by atoms with Gasteiger partial charge in [0.15, 0.2) is 12.2 Å². The maximum Gasteiger partial charge on any atom is 0.335 e. The van der Waals surface area contributed by atoms with Gasteiger partial charge in [-0.25, -0.2) is 9.59 Å². The molecule has 0 heterocycles. The minimum Gasteiger partial charge on any atom is -0.479 e. The minimum atomic E-state index is -2.27. The minimum absolute atomic E-state index is 0. The van der Waals surface area contributed by atoms with Crippen LogP contribution in [-0.4, -0.2) is 44.6 Å². The van der Waals surface area contributed by atoms with Crippen LogP contribution in [0.25, 0.3) is 0 Å². The van der Waals surface area contributed by atoms with Crippen molar-refractivity contribution in [1.82, 2.24) is 0 Å². The fourth-order valence-electron chi connectivity index (χ4n) is 0.270. The Morgan fingerprint density at radius 1 is 0.909 bits per heavy atom. The zero-order valence-corrected chi connectivity index (χ0v) is 5.98. The van der Waals surface area contributed by atoms with Gasteiger partial charge in [-0.15, -0.1) is 12.4 Å². The quantitative estimate of drug-likeness (QED) is 0.418. The third-order valence-electron chi connectivity index (χ3n) is 0.805. The molecule has 0 amide bonds. The van der Waals surface area contributed by atoms with Crippen LogP contribution in [0, 0.1) is 0 Å². The van der Waals surface area contributed by atoms with Crippen molar-refractivity contribution in [3.8, 4) is 0 Å². The predicted molar refractivity (Wildman–Crippen MR) is 34.5 cm³/mol. The van der Waals surface area contributed by atoms with Crippen molar-refractivity contribution >= 4 is 24.3 Å². The molecule has 0 rings (SSSR count). The van der Waals surface area contributed by atoms with Gasteiger partial charge in [0.1, 0.15) is 0 Å². The van der Waals surface area contributed by atoms with E-state index in [4.69, 9.17) is 20.4 Å². The van der Waals surface area contributed by atoms with Crippen LogP contribution in [-0.2, 0) is 9.59 Å². The van der Waals surface area contributed by atoms with E-state index in [1.165, 1.54) is 0 Å². The number of hydrogen-bond donors (Lipinski definition) is 4. The summed E-state index contributed by atoms with van der Waals surface area (Å²) in [5.41, 5.74) is 0. The lowest BCUT2D eigenvalue weighted by molar-refractivity contribution is -0.165. The summed E-state index contributed by atoms with van der Waals surface area (Å²) in [7, 11) is 0. The molecule has 2 atom stereocenters. The largest absolute Gasteiger partial charge is 0.479 e. The lowest BCUT2D eigenvalue weighted by Gasteiger charge is -2.07. The maximum atomic E-state index is 9.77. The fourth-order valence-corrected chi connectivity index (χ4v) is 0.270. The molecule has 0 aromatic rings. The van der Waals surface area contributed by atoms with E-state index in [9.17, 15) is 9.59 Å². The van der Waals surface area contributed by atoms with Gasteiger partial charge < -0.3 is 20.4 Å². The van der Waals surface area contributed by atoms with Crippen LogP contribution < -0.4 is 0 Å². The van der Waals surface area contributed by atoms with Crippen molar-refractivity contribution < 1.29 is 30.0 Å². The molecule has 0 aromatic heterocycles. The Labute approximate surface area is 67.5 Å². The van der Waals surface area contributed by atoms with Crippen LogP contribution in [0.2, 0.25) is 0 Å². The monoisotopic (exact) mass is 186 g/mol. The molecule has 11 heavy (non-hydrogen) atoms. The summed E-state index contributed by atoms with van der Waals surface area (Å²) in [6.45, 7) is 0. The number of aliphatic carboxylic acids is 2. The van der Waals surface area contributed by atoms with Crippen LogP contribution in [0.5, 0.6) is 0 Å². The molecule has 0 aliphatic carbocycles. The van der Waals surface area contributed by atoms with E-state index in [-0.39, 0.29) is 12.4 Å². The smallest absolute Gasteiger partial charge is 0.335 e. The predicted octanol–water partition coefficient (Wildman–Crippen LogP) is -1.70. The summed E-state index contributed by atoms with van der Waals surface area (Å²) in [5, 5.41) is 32.5. The van der Waals surface area contributed by atoms with Crippen LogP contribution in [0.3, 0.4) is 0 Å². The Kier molecular flexibility index (Phi) is 5.69. The van der Waals surface area contributed by atoms with E-state index in [0.29, 0.717) is 0 Å². The topological polar surface area (TPSA) is 115 Å². The number of aliphatic hydroxyl groups is 2. The summed E-state index contributed by atoms with van der Waals surface area (Å²) in [6.07, 6.45) is -4.53. The molecule has 4 N–H and O–H groups in total. The van der Waals surface area contributed by atoms with Crippen molar-refractivity contribution in [2.75, 3.05) is 0 Å². The molecular formula is C4H7ClO6. The number of aliphatic hydroxyl groups excluding tert-OH is 2. The van der Waals surface area contributed by atoms with E-state index in [1.807, 2.05) is 0 Å². The van der Waals surface area contributed by atoms with Gasteiger partial charge in [0.2, 0.25) is 0 Å². The van der Waals surface area contributed by atoms with Crippen molar-refractivity contribution in [3.05, 3.63) is 0 Å². The first-order valence-electron chi connectivity index (χ1n) is 2.28. The van der Waals surface area contributed by atoms with E-state index >= 15 is 0 Å². The molecule has 0 aromatic carbocycles. The number of hydrogen-bond acceptors (Lipinski definition) is 4. The van der Waals surface area contributed by atoms with E-state index in [0.717, 1.165) is 0 Å². The fraction of sp³-hybridized carbons (Fsp3) is 0.500. The first-order valence-corrected chi connectivity index (χ1v) is 2.28. The Bertz CT molecular complexity index is 139. The van der Waals surface area contributed by atoms with E-state index < -0.39 is 24.1 Å². The molecule has 0 fully saturated rings. The van der Waals surface area contributed by atoms with Crippen molar-refractivity contribution in [1.29, 1.82) is 0 Å². The molecule has 0 radical (unpaired) electrons. The Hall–Kier alpha value is -0.850. The molecule has 6 nitrogen and oxygen atoms in total. The molecule has 66 valence electrons. The number of carboxylic acid groups (broad SMARTS) is 2. The first kappa shape index (κ1) is 12.8. The van der Waals surface area contributed by atoms with Crippen molar-refractivity contribution in [3.63, 3.8) is 0 Å². The Balaban J connectivity index is 0. The highest BCUT2D eigenvalue weighted by Crippen LogP contribution is 1.92. The molecule has 0 bridgehead atoms. The first-order chi connectivity index (χ1) is 4.46. The Morgan fingerprint density at radius 3 is 1.18 bits per heavy atom. The molecular weight excluding hydrogens is 179 g/mol. The molecule has 7 heteroatoms. The average Bonchev–Trinajstić information content (AvgIpc) is 1.84. The average molecular weight is 187 g/mol. The molecule has 0 saturated carbocycles. The maximum absolute atomic E-state index is 9.77. The summed E-state index contributed by atoms with van der Waals surface area (Å²) in [5.74, 6) is -3.54. The highest BCUT2D eigenvalue weighted by atomic mass is 35.5. The molecule has 0 aliphatic heterocycles. The number of halogens is 1. The van der Waals surface area contributed by atoms with Crippen molar-refractivity contribution in [2.24, 2.45) is 0 Å². The van der Waals surface area contributed by atoms with Crippen LogP contribution >= 0.6 is 12.4 Å². The summed E-state index contributed by atoms with van der Waals surface area (Å²) in [6, 6.07) is 0. The molecule has 0 unspecified atom stereocenters. The normalized spacial score (nSPS) is 14.4. The van der Waals surface area contributed by atoms with Gasteiger partial charge in [0, 0.05) is 0 Å². The van der Waals surface area contributed by atoms with Gasteiger partial charge in [0.25, 0.3) is 0 Å². The van der Waals surface area contributed by atoms with Crippen molar-refractivity contribution in [2.45, 2.75) is 12.2 Å². The van der Waals surface area contributed by atoms with Gasteiger partial charge in [0.05, 0.1) is 0 Å². The third kappa shape index (κ3) is 3.76. The highest BCUT2D eigenvalue weighted by molar-refractivity contribution is 5.85. The number of carbonyl (C=O) groups is 2. The second-order valence-electron chi connectivity index (χ2n) is 1.57. The Morgan fingerprint density at radius 2 is 1.09 bits per heavy atom. The van der Waals surface area contributed by atoms with E-state index in [2.05, 4.69) is 0 Å². The lowest BCUT2D eigenvalue weighted by atomic mass is 10.2. The third-order valence-corrected chi connectivity index (χ3v) is 0.805. The van der Waals surface area contributed by atoms with E-state index in [1.54, 1.807) is 0 Å². The standard InChI is InChI=1S/C4H6O6.ClH/c5-1(3(7)8)2(6)4(9)10;/h1-2,5-6H,(H,7,8)(H,9,10);1H/t1-,2-;/m0./s1. The molecule has 0 saturated heterocycles. The van der Waals surface area contributed by atoms with Gasteiger partial charge in [-0.2, -0.15) is 0 Å². The van der Waals surface area contributed by atoms with Gasteiger partial charge in [-0.3, -0.25) is 0 Å². The summed E-state index contributed by atoms with van der Waals surface area (Å²) < 4.78 is 0. The molecule has 0 aliphatic rings. The summed E-state index contributed by atoms with van der Waals surface area (Å²) in [4.78, 5) is 19.5. The van der Waals surface area contributed by atoms with Crippen LogP contribution in [0.1, 0.15) is 0 Å². The second-order valence-corrected chi connectivity index (χ2v) is 1.57. The summed E-state index contributed by atoms with van der Waals surface area (Å²) >= 11 is 0. The SMILES string of the molecule is Cl.O=C(O)[C@@H](O)[C@H](O)C(=O)O. The van der Waals surface area contributed by atoms with Gasteiger partial charge in [-0.1, -0.05) is 0 Å². The number of rotatable bonds is 3. The second kappa shape index (κ2) is 4.89. The van der Waals surface area contributed by atoms with Crippen LogP contribution in [0.4, 0.5) is 0 Å². The lowest BCUT2D eigenvalue weighted by Crippen LogP contribution is -2.39. The number of carboxylic acids is 2. The highest BCUT2D eigenvalue weighted by Gasteiger charge is 2.29. The van der Waals surface area contributed by atoms with Gasteiger partial charge in [-0.05, 0) is 0 Å². The zero-order chi connectivity index (χ0) is 8.31. The van der Waals surface area contributed by atoms with Crippen LogP contribution in [0.15, 0.2) is 0 Å².